The van der Waals surface area contributed by atoms with Crippen LogP contribution in [0.5, 0.6) is 0 Å². The largest absolute Gasteiger partial charge is 0.456 e. The molecule has 0 unspecified atom stereocenters. The summed E-state index contributed by atoms with van der Waals surface area (Å²) < 4.78 is 11.8. The van der Waals surface area contributed by atoms with Crippen molar-refractivity contribution < 1.29 is 14.3 Å². The molecule has 94 valence electrons. The number of rotatable bonds is 0. The van der Waals surface area contributed by atoms with Crippen LogP contribution in [0.2, 0.25) is 0 Å². The van der Waals surface area contributed by atoms with Crippen molar-refractivity contribution in [3.05, 3.63) is 0 Å². The van der Waals surface area contributed by atoms with E-state index in [9.17, 15) is 4.79 Å². The molecule has 0 radical (unpaired) electrons. The van der Waals surface area contributed by atoms with Gasteiger partial charge in [0.1, 0.15) is 11.7 Å². The molecule has 3 nitrogen and oxygen atoms in total. The van der Waals surface area contributed by atoms with Crippen LogP contribution in [0.4, 0.5) is 0 Å². The Kier molecular flexibility index (Phi) is 1.75. The molecule has 0 N–H and O–H groups in total. The van der Waals surface area contributed by atoms with Crippen molar-refractivity contribution in [2.24, 2.45) is 17.8 Å². The van der Waals surface area contributed by atoms with Crippen LogP contribution in [0.3, 0.4) is 0 Å². The first-order valence-electron chi connectivity index (χ1n) is 6.96. The minimum atomic E-state index is -0.248. The van der Waals surface area contributed by atoms with E-state index in [1.807, 2.05) is 0 Å². The van der Waals surface area contributed by atoms with Gasteiger partial charge in [0.05, 0.1) is 12.0 Å². The standard InChI is InChI=1S/C14H20O3/c1-8-3-4-9-7-11(15)16-14(9)10(8)5-6-13(2)12(14)17-13/h8-10,12H,3-7H2,1-2H3/t8-,9-,10+,12+,13+,14-/m0/s1. The van der Waals surface area contributed by atoms with E-state index in [1.54, 1.807) is 0 Å². The van der Waals surface area contributed by atoms with Gasteiger partial charge >= 0.3 is 5.97 Å². The SMILES string of the molecule is C[C@H]1CC[C@H]2CC(=O)O[C@]23[C@@H]1CC[C@@]1(C)O[C@@H]31. The summed E-state index contributed by atoms with van der Waals surface area (Å²) in [5, 5.41) is 0. The lowest BCUT2D eigenvalue weighted by Crippen LogP contribution is -2.57. The van der Waals surface area contributed by atoms with Crippen molar-refractivity contribution in [1.82, 2.24) is 0 Å². The third kappa shape index (κ3) is 1.09. The molecule has 0 aromatic rings. The van der Waals surface area contributed by atoms with E-state index in [0.29, 0.717) is 24.2 Å². The van der Waals surface area contributed by atoms with E-state index in [0.717, 1.165) is 19.3 Å². The number of carbonyl (C=O) groups is 1. The lowest BCUT2D eigenvalue weighted by Gasteiger charge is -2.49. The van der Waals surface area contributed by atoms with Gasteiger partial charge in [-0.15, -0.1) is 0 Å². The van der Waals surface area contributed by atoms with Gasteiger partial charge in [-0.1, -0.05) is 6.92 Å². The Morgan fingerprint density at radius 1 is 1.29 bits per heavy atom. The van der Waals surface area contributed by atoms with Gasteiger partial charge in [0.2, 0.25) is 0 Å². The molecule has 17 heavy (non-hydrogen) atoms. The van der Waals surface area contributed by atoms with Crippen LogP contribution in [0, 0.1) is 17.8 Å². The maximum atomic E-state index is 11.8. The maximum absolute atomic E-state index is 11.8. The van der Waals surface area contributed by atoms with Crippen LogP contribution in [0.1, 0.15) is 46.0 Å². The van der Waals surface area contributed by atoms with E-state index in [4.69, 9.17) is 9.47 Å². The first-order chi connectivity index (χ1) is 8.06. The Labute approximate surface area is 102 Å². The summed E-state index contributed by atoms with van der Waals surface area (Å²) in [7, 11) is 0. The fourth-order valence-electron chi connectivity index (χ4n) is 4.91. The number of ether oxygens (including phenoxy) is 2. The average Bonchev–Trinajstić information content (AvgIpc) is 2.85. The zero-order valence-corrected chi connectivity index (χ0v) is 10.6. The van der Waals surface area contributed by atoms with Crippen LogP contribution in [0.25, 0.3) is 0 Å². The molecule has 2 saturated heterocycles. The number of hydrogen-bond donors (Lipinski definition) is 0. The van der Waals surface area contributed by atoms with E-state index in [2.05, 4.69) is 13.8 Å². The molecule has 2 aliphatic carbocycles. The van der Waals surface area contributed by atoms with Crippen molar-refractivity contribution in [2.45, 2.75) is 63.3 Å². The van der Waals surface area contributed by atoms with E-state index < -0.39 is 0 Å². The summed E-state index contributed by atoms with van der Waals surface area (Å²) in [5.74, 6) is 1.64. The molecule has 4 fully saturated rings. The smallest absolute Gasteiger partial charge is 0.306 e. The highest BCUT2D eigenvalue weighted by molar-refractivity contribution is 5.73. The Morgan fingerprint density at radius 3 is 2.94 bits per heavy atom. The minimum absolute atomic E-state index is 0.00819. The second kappa shape index (κ2) is 2.87. The lowest BCUT2D eigenvalue weighted by atomic mass is 9.57. The Hall–Kier alpha value is -0.570. The second-order valence-electron chi connectivity index (χ2n) is 6.74. The molecule has 0 amide bonds. The molecular formula is C14H20O3. The zero-order chi connectivity index (χ0) is 11.8. The summed E-state index contributed by atoms with van der Waals surface area (Å²) in [6.07, 6.45) is 5.50. The minimum Gasteiger partial charge on any atom is -0.456 e. The first kappa shape index (κ1) is 10.4. The Bertz CT molecular complexity index is 393. The topological polar surface area (TPSA) is 38.8 Å². The van der Waals surface area contributed by atoms with Crippen molar-refractivity contribution in [3.8, 4) is 0 Å². The van der Waals surface area contributed by atoms with Crippen molar-refractivity contribution in [3.63, 3.8) is 0 Å². The van der Waals surface area contributed by atoms with Crippen molar-refractivity contribution in [1.29, 1.82) is 0 Å². The third-order valence-electron chi connectivity index (χ3n) is 5.82. The highest BCUT2D eigenvalue weighted by Gasteiger charge is 2.75. The van der Waals surface area contributed by atoms with Gasteiger partial charge in [0.15, 0.2) is 0 Å². The summed E-state index contributed by atoms with van der Waals surface area (Å²) in [5.41, 5.74) is -0.238. The highest BCUT2D eigenvalue weighted by Crippen LogP contribution is 2.65. The fourth-order valence-corrected chi connectivity index (χ4v) is 4.91. The van der Waals surface area contributed by atoms with Gasteiger partial charge < -0.3 is 9.47 Å². The van der Waals surface area contributed by atoms with Gasteiger partial charge in [0.25, 0.3) is 0 Å². The normalized spacial score (nSPS) is 60.0. The maximum Gasteiger partial charge on any atom is 0.306 e. The zero-order valence-electron chi connectivity index (χ0n) is 10.6. The molecule has 4 aliphatic rings. The third-order valence-corrected chi connectivity index (χ3v) is 5.82. The quantitative estimate of drug-likeness (QED) is 0.478. The molecule has 3 heteroatoms. The van der Waals surface area contributed by atoms with E-state index in [-0.39, 0.29) is 23.3 Å². The van der Waals surface area contributed by atoms with Crippen LogP contribution in [-0.4, -0.2) is 23.3 Å². The molecule has 2 heterocycles. The fraction of sp³-hybridized carbons (Fsp3) is 0.929. The van der Waals surface area contributed by atoms with Gasteiger partial charge in [-0.05, 0) is 38.5 Å². The summed E-state index contributed by atoms with van der Waals surface area (Å²) in [6.45, 7) is 4.50. The molecule has 0 aromatic carbocycles. The van der Waals surface area contributed by atoms with E-state index >= 15 is 0 Å². The molecular weight excluding hydrogens is 216 g/mol. The van der Waals surface area contributed by atoms with Crippen LogP contribution >= 0.6 is 0 Å². The number of hydrogen-bond acceptors (Lipinski definition) is 3. The molecule has 4 rings (SSSR count). The van der Waals surface area contributed by atoms with Gasteiger partial charge in [-0.3, -0.25) is 4.79 Å². The Balaban J connectivity index is 1.79. The average molecular weight is 236 g/mol. The molecule has 0 bridgehead atoms. The van der Waals surface area contributed by atoms with Gasteiger partial charge in [-0.2, -0.15) is 0 Å². The number of epoxide rings is 1. The predicted octanol–water partition coefficient (Wildman–Crippen LogP) is 2.29. The lowest BCUT2D eigenvalue weighted by molar-refractivity contribution is -0.168. The summed E-state index contributed by atoms with van der Waals surface area (Å²) in [6, 6.07) is 0. The van der Waals surface area contributed by atoms with Crippen LogP contribution in [0.15, 0.2) is 0 Å². The van der Waals surface area contributed by atoms with Crippen molar-refractivity contribution >= 4 is 5.97 Å². The molecule has 0 aromatic heterocycles. The van der Waals surface area contributed by atoms with E-state index in [1.165, 1.54) is 6.42 Å². The van der Waals surface area contributed by atoms with Gasteiger partial charge in [-0.25, -0.2) is 0 Å². The molecule has 2 saturated carbocycles. The summed E-state index contributed by atoms with van der Waals surface area (Å²) in [4.78, 5) is 11.8. The monoisotopic (exact) mass is 236 g/mol. The number of esters is 1. The van der Waals surface area contributed by atoms with Crippen LogP contribution in [-0.2, 0) is 14.3 Å². The second-order valence-corrected chi connectivity index (χ2v) is 6.74. The van der Waals surface area contributed by atoms with Crippen LogP contribution < -0.4 is 0 Å². The molecule has 6 atom stereocenters. The number of fused-ring (bicyclic) bond motifs is 1. The number of carbonyl (C=O) groups excluding carboxylic acids is 1. The predicted molar refractivity (Wildman–Crippen MR) is 61.3 cm³/mol. The highest BCUT2D eigenvalue weighted by atomic mass is 16.7. The molecule has 1 spiro atoms. The van der Waals surface area contributed by atoms with Gasteiger partial charge in [0, 0.05) is 11.8 Å². The van der Waals surface area contributed by atoms with Crippen molar-refractivity contribution in [2.75, 3.05) is 0 Å². The molecule has 2 aliphatic heterocycles. The Morgan fingerprint density at radius 2 is 2.12 bits per heavy atom. The summed E-state index contributed by atoms with van der Waals surface area (Å²) >= 11 is 0. The first-order valence-corrected chi connectivity index (χ1v) is 6.96.